The first-order chi connectivity index (χ1) is 10.7. The maximum atomic E-state index is 12.4. The van der Waals surface area contributed by atoms with E-state index < -0.39 is 19.8 Å². The highest BCUT2D eigenvalue weighted by Crippen LogP contribution is 2.28. The number of hydrogen-bond donors (Lipinski definition) is 0. The largest absolute Gasteiger partial charge is 0.495 e. The Kier molecular flexibility index (Phi) is 4.67. The van der Waals surface area contributed by atoms with Crippen molar-refractivity contribution in [1.29, 1.82) is 0 Å². The highest BCUT2D eigenvalue weighted by molar-refractivity contribution is 8.13. The molecule has 2 rings (SSSR count). The van der Waals surface area contributed by atoms with Gasteiger partial charge in [0, 0.05) is 33.9 Å². The second kappa shape index (κ2) is 6.35. The van der Waals surface area contributed by atoms with Gasteiger partial charge in [-0.1, -0.05) is 0 Å². The lowest BCUT2D eigenvalue weighted by Crippen LogP contribution is -2.04. The first kappa shape index (κ1) is 16.9. The van der Waals surface area contributed by atoms with Gasteiger partial charge in [0.25, 0.3) is 14.7 Å². The topological polar surface area (TPSA) is 104 Å². The van der Waals surface area contributed by atoms with Crippen molar-refractivity contribution in [3.63, 3.8) is 0 Å². The summed E-state index contributed by atoms with van der Waals surface area (Å²) in [7, 11) is 2.51. The van der Waals surface area contributed by atoms with Crippen molar-refractivity contribution < 1.29 is 22.9 Å². The Bertz CT molecular complexity index is 877. The van der Waals surface area contributed by atoms with Crippen molar-refractivity contribution in [3.05, 3.63) is 63.7 Å². The predicted octanol–water partition coefficient (Wildman–Crippen LogP) is 2.76. The number of non-ortho nitro benzene ring substituents is 1. The van der Waals surface area contributed by atoms with Gasteiger partial charge >= 0.3 is 0 Å². The van der Waals surface area contributed by atoms with Gasteiger partial charge in [0.2, 0.25) is 0 Å². The number of ether oxygens (including phenoxy) is 1. The number of nitrogens with zero attached hydrogens (tertiary/aromatic N) is 1. The third-order valence-corrected chi connectivity index (χ3v) is 4.37. The van der Waals surface area contributed by atoms with E-state index in [0.717, 1.165) is 6.07 Å². The number of carbonyl (C=O) groups excluding carboxylic acids is 1. The smallest absolute Gasteiger partial charge is 0.269 e. The first-order valence-electron chi connectivity index (χ1n) is 6.16. The van der Waals surface area contributed by atoms with E-state index in [9.17, 15) is 23.3 Å². The fourth-order valence-electron chi connectivity index (χ4n) is 1.91. The number of hydrogen-bond acceptors (Lipinski definition) is 6. The van der Waals surface area contributed by atoms with Crippen LogP contribution in [0, 0.1) is 10.1 Å². The molecule has 0 saturated heterocycles. The SMILES string of the molecule is COc1ccc(C(=O)c2ccc([N+](=O)[O-])cc2)cc1S(=O)(=O)Cl. The zero-order valence-corrected chi connectivity index (χ0v) is 13.3. The van der Waals surface area contributed by atoms with Crippen LogP contribution in [0.1, 0.15) is 15.9 Å². The van der Waals surface area contributed by atoms with E-state index in [0.29, 0.717) is 0 Å². The van der Waals surface area contributed by atoms with Crippen LogP contribution in [0.3, 0.4) is 0 Å². The van der Waals surface area contributed by atoms with Gasteiger partial charge in [0.1, 0.15) is 10.6 Å². The van der Waals surface area contributed by atoms with Crippen LogP contribution < -0.4 is 4.74 Å². The number of rotatable bonds is 5. The summed E-state index contributed by atoms with van der Waals surface area (Å²) >= 11 is 0. The van der Waals surface area contributed by atoms with Crippen molar-refractivity contribution in [2.75, 3.05) is 7.11 Å². The van der Waals surface area contributed by atoms with Gasteiger partial charge in [0.15, 0.2) is 5.78 Å². The molecule has 0 aromatic heterocycles. The Labute approximate surface area is 136 Å². The zero-order chi connectivity index (χ0) is 17.2. The number of nitro benzene ring substituents is 1. The monoisotopic (exact) mass is 355 g/mol. The van der Waals surface area contributed by atoms with Crippen LogP contribution in [-0.2, 0) is 9.05 Å². The molecule has 2 aromatic carbocycles. The van der Waals surface area contributed by atoms with Gasteiger partial charge in [0.05, 0.1) is 12.0 Å². The average Bonchev–Trinajstić information content (AvgIpc) is 2.52. The van der Waals surface area contributed by atoms with Crippen molar-refractivity contribution in [2.24, 2.45) is 0 Å². The van der Waals surface area contributed by atoms with E-state index >= 15 is 0 Å². The van der Waals surface area contributed by atoms with Crippen LogP contribution in [0.2, 0.25) is 0 Å². The summed E-state index contributed by atoms with van der Waals surface area (Å²) in [5, 5.41) is 10.6. The maximum Gasteiger partial charge on any atom is 0.269 e. The Morgan fingerprint density at radius 2 is 1.70 bits per heavy atom. The fourth-order valence-corrected chi connectivity index (χ4v) is 2.93. The molecule has 0 heterocycles. The van der Waals surface area contributed by atoms with Crippen molar-refractivity contribution >= 4 is 31.2 Å². The lowest BCUT2D eigenvalue weighted by molar-refractivity contribution is -0.384. The third-order valence-electron chi connectivity index (χ3n) is 3.03. The Balaban J connectivity index is 2.45. The summed E-state index contributed by atoms with van der Waals surface area (Å²) in [6.45, 7) is 0. The molecule has 0 spiro atoms. The molecule has 7 nitrogen and oxygen atoms in total. The van der Waals surface area contributed by atoms with E-state index in [1.165, 1.54) is 43.5 Å². The molecule has 0 aliphatic heterocycles. The molecular formula is C14H10ClNO6S. The van der Waals surface area contributed by atoms with E-state index in [1.807, 2.05) is 0 Å². The third kappa shape index (κ3) is 3.66. The predicted molar refractivity (Wildman–Crippen MR) is 82.6 cm³/mol. The zero-order valence-electron chi connectivity index (χ0n) is 11.7. The van der Waals surface area contributed by atoms with E-state index in [4.69, 9.17) is 15.4 Å². The van der Waals surface area contributed by atoms with Crippen molar-refractivity contribution in [3.8, 4) is 5.75 Å². The van der Waals surface area contributed by atoms with Crippen LogP contribution in [0.4, 0.5) is 5.69 Å². The fraction of sp³-hybridized carbons (Fsp3) is 0.0714. The standard InChI is InChI=1S/C14H10ClNO6S/c1-22-12-7-4-10(8-13(12)23(15,20)21)14(17)9-2-5-11(6-3-9)16(18)19/h2-8H,1H3. The molecule has 9 heteroatoms. The molecule has 0 saturated carbocycles. The maximum absolute atomic E-state index is 12.4. The van der Waals surface area contributed by atoms with Gasteiger partial charge < -0.3 is 4.74 Å². The van der Waals surface area contributed by atoms with E-state index in [1.54, 1.807) is 0 Å². The van der Waals surface area contributed by atoms with E-state index in [-0.39, 0.29) is 27.5 Å². The Morgan fingerprint density at radius 3 is 2.17 bits per heavy atom. The summed E-state index contributed by atoms with van der Waals surface area (Å²) in [5.41, 5.74) is 0.0953. The van der Waals surface area contributed by atoms with Gasteiger partial charge in [-0.05, 0) is 30.3 Å². The average molecular weight is 356 g/mol. The summed E-state index contributed by atoms with van der Waals surface area (Å²) in [6.07, 6.45) is 0. The van der Waals surface area contributed by atoms with E-state index in [2.05, 4.69) is 0 Å². The van der Waals surface area contributed by atoms with Crippen LogP contribution in [0.5, 0.6) is 5.75 Å². The molecule has 0 aliphatic rings. The molecule has 120 valence electrons. The first-order valence-corrected chi connectivity index (χ1v) is 8.47. The molecule has 0 radical (unpaired) electrons. The van der Waals surface area contributed by atoms with Crippen molar-refractivity contribution in [1.82, 2.24) is 0 Å². The normalized spacial score (nSPS) is 11.0. The molecule has 23 heavy (non-hydrogen) atoms. The number of methoxy groups -OCH3 is 1. The molecule has 0 unspecified atom stereocenters. The summed E-state index contributed by atoms with van der Waals surface area (Å²) < 4.78 is 28.0. The quantitative estimate of drug-likeness (QED) is 0.353. The highest BCUT2D eigenvalue weighted by atomic mass is 35.7. The number of carbonyl (C=O) groups is 1. The number of nitro groups is 1. The molecular weight excluding hydrogens is 346 g/mol. The van der Waals surface area contributed by atoms with Crippen molar-refractivity contribution in [2.45, 2.75) is 4.90 Å². The molecule has 0 bridgehead atoms. The van der Waals surface area contributed by atoms with Gasteiger partial charge in [-0.2, -0.15) is 0 Å². The van der Waals surface area contributed by atoms with Crippen LogP contribution >= 0.6 is 10.7 Å². The van der Waals surface area contributed by atoms with Gasteiger partial charge in [-0.15, -0.1) is 0 Å². The molecule has 0 fully saturated rings. The summed E-state index contributed by atoms with van der Waals surface area (Å²) in [5.74, 6) is -0.482. The number of ketones is 1. The lowest BCUT2D eigenvalue weighted by atomic mass is 10.0. The Hall–Kier alpha value is -2.45. The lowest BCUT2D eigenvalue weighted by Gasteiger charge is -2.08. The molecule has 0 amide bonds. The number of benzene rings is 2. The van der Waals surface area contributed by atoms with Crippen LogP contribution in [0.15, 0.2) is 47.4 Å². The molecule has 0 N–H and O–H groups in total. The second-order valence-corrected chi connectivity index (χ2v) is 6.97. The Morgan fingerprint density at radius 1 is 1.13 bits per heavy atom. The van der Waals surface area contributed by atoms with Gasteiger partial charge in [-0.25, -0.2) is 8.42 Å². The van der Waals surface area contributed by atoms with Crippen LogP contribution in [-0.4, -0.2) is 26.2 Å². The minimum absolute atomic E-state index is 0.0141. The van der Waals surface area contributed by atoms with Crippen LogP contribution in [0.25, 0.3) is 0 Å². The highest BCUT2D eigenvalue weighted by Gasteiger charge is 2.20. The minimum atomic E-state index is -4.10. The van der Waals surface area contributed by atoms with Gasteiger partial charge in [-0.3, -0.25) is 14.9 Å². The molecule has 0 aliphatic carbocycles. The number of halogens is 1. The summed E-state index contributed by atoms with van der Waals surface area (Å²) in [4.78, 5) is 22.1. The second-order valence-electron chi connectivity index (χ2n) is 4.44. The summed E-state index contributed by atoms with van der Waals surface area (Å²) in [6, 6.07) is 8.76. The molecule has 2 aromatic rings. The minimum Gasteiger partial charge on any atom is -0.495 e. The molecule has 0 atom stereocenters.